The lowest BCUT2D eigenvalue weighted by molar-refractivity contribution is -0.151. The van der Waals surface area contributed by atoms with E-state index in [0.29, 0.717) is 11.6 Å². The molecule has 2 aromatic rings. The smallest absolute Gasteiger partial charge is 0.323 e. The van der Waals surface area contributed by atoms with Gasteiger partial charge in [-0.2, -0.15) is 0 Å². The first-order chi connectivity index (χ1) is 12.0. The van der Waals surface area contributed by atoms with Crippen molar-refractivity contribution in [3.05, 3.63) is 35.2 Å². The van der Waals surface area contributed by atoms with Crippen LogP contribution in [0.4, 0.5) is 5.13 Å². The highest BCUT2D eigenvalue weighted by atomic mass is 32.2. The molecule has 0 saturated heterocycles. The number of nitrogens with zero attached hydrogens (tertiary/aromatic N) is 1. The second kappa shape index (κ2) is 7.75. The lowest BCUT2D eigenvalue weighted by atomic mass is 10.0. The molecule has 1 aromatic heterocycles. The summed E-state index contributed by atoms with van der Waals surface area (Å²) >= 11 is 1.17. The maximum Gasteiger partial charge on any atom is 0.323 e. The second-order valence-corrected chi connectivity index (χ2v) is 9.84. The van der Waals surface area contributed by atoms with Crippen LogP contribution in [0.15, 0.2) is 29.6 Å². The molecule has 1 N–H and O–H groups in total. The number of ether oxygens (including phenoxy) is 1. The number of thiazole rings is 1. The quantitative estimate of drug-likeness (QED) is 0.746. The molecule has 2 rings (SSSR count). The van der Waals surface area contributed by atoms with Crippen LogP contribution in [0.3, 0.4) is 0 Å². The molecule has 26 heavy (non-hydrogen) atoms. The molecule has 0 spiro atoms. The van der Waals surface area contributed by atoms with Gasteiger partial charge in [-0.05, 0) is 32.3 Å². The fraction of sp³-hybridized carbons (Fsp3) is 0.444. The number of sulfonamides is 1. The molecule has 6 nitrogen and oxygen atoms in total. The van der Waals surface area contributed by atoms with Crippen molar-refractivity contribution in [1.82, 2.24) is 4.98 Å². The maximum atomic E-state index is 12.1. The molecular weight excluding hydrogens is 372 g/mol. The molecule has 0 atom stereocenters. The second-order valence-electron chi connectivity index (χ2n) is 7.26. The highest BCUT2D eigenvalue weighted by molar-refractivity contribution is 7.93. The average Bonchev–Trinajstić information content (AvgIpc) is 2.92. The van der Waals surface area contributed by atoms with Crippen molar-refractivity contribution >= 4 is 32.5 Å². The van der Waals surface area contributed by atoms with Crippen molar-refractivity contribution in [2.75, 3.05) is 10.5 Å². The SMILES string of the molecule is CC(C)c1ccc(-c2csc(NS(=O)(=O)CC(=O)OC(C)(C)C)n2)cc1. The highest BCUT2D eigenvalue weighted by Gasteiger charge is 2.23. The molecule has 0 amide bonds. The molecule has 0 fully saturated rings. The maximum absolute atomic E-state index is 12.1. The van der Waals surface area contributed by atoms with Crippen LogP contribution in [0.1, 0.15) is 46.1 Å². The molecule has 0 aliphatic carbocycles. The fourth-order valence-corrected chi connectivity index (χ4v) is 4.08. The van der Waals surface area contributed by atoms with Crippen LogP contribution in [0.2, 0.25) is 0 Å². The van der Waals surface area contributed by atoms with Gasteiger partial charge >= 0.3 is 5.97 Å². The summed E-state index contributed by atoms with van der Waals surface area (Å²) in [5.41, 5.74) is 2.08. The van der Waals surface area contributed by atoms with Gasteiger partial charge in [0.1, 0.15) is 5.60 Å². The van der Waals surface area contributed by atoms with Crippen LogP contribution in [-0.4, -0.2) is 30.7 Å². The summed E-state index contributed by atoms with van der Waals surface area (Å²) in [4.78, 5) is 16.0. The Hall–Kier alpha value is -1.93. The van der Waals surface area contributed by atoms with Gasteiger partial charge in [0.2, 0.25) is 10.0 Å². The van der Waals surface area contributed by atoms with Gasteiger partial charge in [0.15, 0.2) is 10.9 Å². The summed E-state index contributed by atoms with van der Waals surface area (Å²) in [6, 6.07) is 7.99. The van der Waals surface area contributed by atoms with Gasteiger partial charge < -0.3 is 4.74 Å². The van der Waals surface area contributed by atoms with Crippen molar-refractivity contribution in [1.29, 1.82) is 0 Å². The van der Waals surface area contributed by atoms with Crippen LogP contribution >= 0.6 is 11.3 Å². The number of anilines is 1. The molecule has 0 aliphatic heterocycles. The lowest BCUT2D eigenvalue weighted by Gasteiger charge is -2.19. The van der Waals surface area contributed by atoms with Crippen LogP contribution in [-0.2, 0) is 19.6 Å². The van der Waals surface area contributed by atoms with E-state index in [1.54, 1.807) is 26.2 Å². The first-order valence-corrected chi connectivity index (χ1v) is 10.8. The van der Waals surface area contributed by atoms with E-state index in [2.05, 4.69) is 23.6 Å². The number of esters is 1. The number of carbonyl (C=O) groups excluding carboxylic acids is 1. The third-order valence-electron chi connectivity index (χ3n) is 3.35. The normalized spacial score (nSPS) is 12.2. The number of hydrogen-bond donors (Lipinski definition) is 1. The van der Waals surface area contributed by atoms with E-state index in [9.17, 15) is 13.2 Å². The van der Waals surface area contributed by atoms with E-state index in [1.165, 1.54) is 16.9 Å². The zero-order valence-electron chi connectivity index (χ0n) is 15.6. The monoisotopic (exact) mass is 396 g/mol. The third-order valence-corrected chi connectivity index (χ3v) is 5.36. The van der Waals surface area contributed by atoms with Crippen LogP contribution in [0.5, 0.6) is 0 Å². The van der Waals surface area contributed by atoms with Crippen molar-refractivity contribution < 1.29 is 17.9 Å². The Morgan fingerprint density at radius 3 is 2.38 bits per heavy atom. The van der Waals surface area contributed by atoms with Gasteiger partial charge in [0, 0.05) is 10.9 Å². The summed E-state index contributed by atoms with van der Waals surface area (Å²) < 4.78 is 31.6. The number of nitrogens with one attached hydrogen (secondary N) is 1. The molecule has 8 heteroatoms. The minimum Gasteiger partial charge on any atom is -0.459 e. The minimum absolute atomic E-state index is 0.219. The van der Waals surface area contributed by atoms with Crippen molar-refractivity contribution in [3.8, 4) is 11.3 Å². The standard InChI is InChI=1S/C18H24N2O4S2/c1-12(2)13-6-8-14(9-7-13)15-10-25-17(19-15)20-26(22,23)11-16(21)24-18(3,4)5/h6-10,12H,11H2,1-5H3,(H,19,20). The Bertz CT molecular complexity index is 863. The predicted molar refractivity (Wildman–Crippen MR) is 105 cm³/mol. The summed E-state index contributed by atoms with van der Waals surface area (Å²) in [5.74, 6) is -1.11. The van der Waals surface area contributed by atoms with Gasteiger partial charge in [0.05, 0.1) is 5.69 Å². The summed E-state index contributed by atoms with van der Waals surface area (Å²) in [7, 11) is -3.87. The number of benzene rings is 1. The average molecular weight is 397 g/mol. The van der Waals surface area contributed by atoms with E-state index in [0.717, 1.165) is 5.56 Å². The van der Waals surface area contributed by atoms with Gasteiger partial charge in [-0.25, -0.2) is 13.4 Å². The summed E-state index contributed by atoms with van der Waals surface area (Å²) in [6.45, 7) is 9.29. The molecular formula is C18H24N2O4S2. The first-order valence-electron chi connectivity index (χ1n) is 8.23. The number of hydrogen-bond acceptors (Lipinski definition) is 6. The molecule has 1 aromatic carbocycles. The number of carbonyl (C=O) groups is 1. The van der Waals surface area contributed by atoms with Gasteiger partial charge in [-0.1, -0.05) is 38.1 Å². The first kappa shape index (κ1) is 20.4. The minimum atomic E-state index is -3.87. The topological polar surface area (TPSA) is 85.4 Å². The van der Waals surface area contributed by atoms with Gasteiger partial charge in [0.25, 0.3) is 0 Å². The Morgan fingerprint density at radius 1 is 1.23 bits per heavy atom. The Labute approximate surface area is 158 Å². The van der Waals surface area contributed by atoms with Gasteiger partial charge in [-0.15, -0.1) is 11.3 Å². The van der Waals surface area contributed by atoms with E-state index < -0.39 is 27.3 Å². The predicted octanol–water partition coefficient (Wildman–Crippen LogP) is 4.02. The molecule has 0 radical (unpaired) electrons. The van der Waals surface area contributed by atoms with Crippen molar-refractivity contribution in [3.63, 3.8) is 0 Å². The Morgan fingerprint density at radius 2 is 1.85 bits per heavy atom. The largest absolute Gasteiger partial charge is 0.459 e. The molecule has 0 saturated carbocycles. The van der Waals surface area contributed by atoms with E-state index in [-0.39, 0.29) is 5.13 Å². The van der Waals surface area contributed by atoms with Crippen molar-refractivity contribution in [2.24, 2.45) is 0 Å². The molecule has 1 heterocycles. The summed E-state index contributed by atoms with van der Waals surface area (Å²) in [6.07, 6.45) is 0. The zero-order chi connectivity index (χ0) is 19.5. The zero-order valence-corrected chi connectivity index (χ0v) is 17.2. The van der Waals surface area contributed by atoms with Crippen LogP contribution in [0.25, 0.3) is 11.3 Å². The molecule has 0 bridgehead atoms. The Balaban J connectivity index is 2.06. The van der Waals surface area contributed by atoms with Crippen LogP contribution in [0, 0.1) is 0 Å². The molecule has 0 aliphatic rings. The third kappa shape index (κ3) is 6.10. The van der Waals surface area contributed by atoms with E-state index in [1.807, 2.05) is 24.3 Å². The van der Waals surface area contributed by atoms with E-state index in [4.69, 9.17) is 4.74 Å². The number of aromatic nitrogens is 1. The van der Waals surface area contributed by atoms with Crippen LogP contribution < -0.4 is 4.72 Å². The number of rotatable bonds is 6. The fourth-order valence-electron chi connectivity index (χ4n) is 2.19. The molecule has 0 unspecified atom stereocenters. The highest BCUT2D eigenvalue weighted by Crippen LogP contribution is 2.27. The van der Waals surface area contributed by atoms with Gasteiger partial charge in [-0.3, -0.25) is 9.52 Å². The van der Waals surface area contributed by atoms with E-state index >= 15 is 0 Å². The lowest BCUT2D eigenvalue weighted by Crippen LogP contribution is -2.30. The molecule has 142 valence electrons. The summed E-state index contributed by atoms with van der Waals surface area (Å²) in [5, 5.41) is 1.99. The van der Waals surface area contributed by atoms with Crippen molar-refractivity contribution in [2.45, 2.75) is 46.1 Å². The Kier molecular flexibility index (Phi) is 6.08.